The molecule has 0 spiro atoms. The van der Waals surface area contributed by atoms with Crippen molar-refractivity contribution in [1.29, 1.82) is 0 Å². The molecule has 0 radical (unpaired) electrons. The molecule has 0 aromatic carbocycles. The first kappa shape index (κ1) is 44.1. The highest BCUT2D eigenvalue weighted by molar-refractivity contribution is 5.80. The maximum atomic E-state index is 12.3. The molecule has 5 heteroatoms. The topological polar surface area (TPSA) is 89.8 Å². The monoisotopic (exact) mass is 638 g/mol. The lowest BCUT2D eigenvalue weighted by molar-refractivity contribution is -0.131. The van der Waals surface area contributed by atoms with Crippen LogP contribution in [0.4, 0.5) is 0 Å². The van der Waals surface area contributed by atoms with Crippen molar-refractivity contribution in [3.05, 3.63) is 12.2 Å². The lowest BCUT2D eigenvalue weighted by Crippen LogP contribution is -2.48. The van der Waals surface area contributed by atoms with Gasteiger partial charge in [-0.15, -0.1) is 0 Å². The summed E-state index contributed by atoms with van der Waals surface area (Å²) in [5.74, 6) is -0.506. The number of unbranched alkanes of at least 4 members (excludes halogenated alkanes) is 28. The maximum absolute atomic E-state index is 12.3. The molecule has 5 nitrogen and oxygen atoms in total. The van der Waals surface area contributed by atoms with Crippen LogP contribution in [-0.2, 0) is 4.79 Å². The van der Waals surface area contributed by atoms with Crippen molar-refractivity contribution in [1.82, 2.24) is 5.32 Å². The molecular formula is C40H79NO4. The number of hydrogen-bond acceptors (Lipinski definition) is 4. The van der Waals surface area contributed by atoms with Gasteiger partial charge < -0.3 is 20.6 Å². The van der Waals surface area contributed by atoms with E-state index in [1.54, 1.807) is 6.08 Å². The van der Waals surface area contributed by atoms with E-state index in [1.807, 2.05) is 6.08 Å². The fraction of sp³-hybridized carbons (Fsp3) is 0.925. The van der Waals surface area contributed by atoms with Gasteiger partial charge in [0.15, 0.2) is 0 Å². The van der Waals surface area contributed by atoms with Crippen LogP contribution in [0.1, 0.15) is 213 Å². The molecule has 0 saturated heterocycles. The molecule has 0 fully saturated rings. The molecule has 0 aliphatic heterocycles. The highest BCUT2D eigenvalue weighted by Crippen LogP contribution is 2.16. The molecule has 3 atom stereocenters. The standard InChI is InChI=1S/C40H79NO4/c1-3-5-7-9-11-13-14-15-16-17-18-19-20-21-22-23-24-25-26-27-29-30-32-34-38(43)37(36-42)41-40(45)39(44)35-33-31-28-12-10-8-6-4-2/h32,34,37-39,42-44H,3-31,33,35-36H2,1-2H3,(H,41,45)/b34-32+. The lowest BCUT2D eigenvalue weighted by atomic mass is 10.0. The number of carbonyl (C=O) groups excluding carboxylic acids is 1. The average Bonchev–Trinajstić information content (AvgIpc) is 3.04. The molecule has 3 unspecified atom stereocenters. The molecule has 1 amide bonds. The number of nitrogens with one attached hydrogen (secondary N) is 1. The summed E-state index contributed by atoms with van der Waals surface area (Å²) in [4.78, 5) is 12.3. The van der Waals surface area contributed by atoms with Gasteiger partial charge in [0.05, 0.1) is 18.8 Å². The summed E-state index contributed by atoms with van der Waals surface area (Å²) in [6, 6.07) is -0.790. The number of carbonyl (C=O) groups is 1. The van der Waals surface area contributed by atoms with E-state index < -0.39 is 24.2 Å². The van der Waals surface area contributed by atoms with Crippen LogP contribution in [0.25, 0.3) is 0 Å². The van der Waals surface area contributed by atoms with Crippen LogP contribution in [0, 0.1) is 0 Å². The Morgan fingerprint density at radius 1 is 0.533 bits per heavy atom. The lowest BCUT2D eigenvalue weighted by Gasteiger charge is -2.21. The Morgan fingerprint density at radius 3 is 1.22 bits per heavy atom. The second-order valence-corrected chi connectivity index (χ2v) is 13.9. The van der Waals surface area contributed by atoms with E-state index in [1.165, 1.54) is 161 Å². The number of aliphatic hydroxyl groups is 3. The summed E-state index contributed by atoms with van der Waals surface area (Å²) >= 11 is 0. The summed E-state index contributed by atoms with van der Waals surface area (Å²) in [6.45, 7) is 4.14. The molecule has 0 rings (SSSR count). The first-order valence-electron chi connectivity index (χ1n) is 20.0. The largest absolute Gasteiger partial charge is 0.394 e. The molecule has 45 heavy (non-hydrogen) atoms. The van der Waals surface area contributed by atoms with Crippen molar-refractivity contribution in [2.75, 3.05) is 6.61 Å². The Bertz CT molecular complexity index is 625. The Labute approximate surface area is 280 Å². The van der Waals surface area contributed by atoms with E-state index in [0.717, 1.165) is 32.1 Å². The van der Waals surface area contributed by atoms with E-state index in [4.69, 9.17) is 0 Å². The predicted octanol–water partition coefficient (Wildman–Crippen LogP) is 10.9. The molecule has 0 heterocycles. The first-order valence-corrected chi connectivity index (χ1v) is 20.0. The third-order valence-corrected chi connectivity index (χ3v) is 9.38. The number of allylic oxidation sites excluding steroid dienone is 1. The quantitative estimate of drug-likeness (QED) is 0.0406. The Balaban J connectivity index is 3.59. The fourth-order valence-corrected chi connectivity index (χ4v) is 6.18. The molecular weight excluding hydrogens is 558 g/mol. The maximum Gasteiger partial charge on any atom is 0.249 e. The molecule has 0 aliphatic carbocycles. The summed E-state index contributed by atoms with van der Waals surface area (Å²) in [5, 5.41) is 32.9. The molecule has 0 aliphatic rings. The van der Waals surface area contributed by atoms with E-state index in [2.05, 4.69) is 19.2 Å². The number of amides is 1. The normalized spacial score (nSPS) is 13.8. The third-order valence-electron chi connectivity index (χ3n) is 9.38. The molecule has 0 saturated carbocycles. The summed E-state index contributed by atoms with van der Waals surface area (Å²) in [6.07, 6.45) is 41.1. The number of hydrogen-bond donors (Lipinski definition) is 4. The van der Waals surface area contributed by atoms with E-state index in [9.17, 15) is 20.1 Å². The van der Waals surface area contributed by atoms with E-state index in [-0.39, 0.29) is 6.61 Å². The van der Waals surface area contributed by atoms with Crippen LogP contribution in [-0.4, -0.2) is 46.1 Å². The van der Waals surface area contributed by atoms with Crippen LogP contribution in [0.2, 0.25) is 0 Å². The Morgan fingerprint density at radius 2 is 0.867 bits per heavy atom. The van der Waals surface area contributed by atoms with Gasteiger partial charge in [-0.05, 0) is 19.3 Å². The van der Waals surface area contributed by atoms with Gasteiger partial charge in [0.1, 0.15) is 6.10 Å². The summed E-state index contributed by atoms with van der Waals surface area (Å²) < 4.78 is 0. The Hall–Kier alpha value is -0.910. The molecule has 0 aromatic heterocycles. The second kappa shape index (κ2) is 35.9. The minimum absolute atomic E-state index is 0.360. The zero-order chi connectivity index (χ0) is 33.1. The zero-order valence-electron chi connectivity index (χ0n) is 30.3. The molecule has 0 bridgehead atoms. The van der Waals surface area contributed by atoms with Gasteiger partial charge >= 0.3 is 0 Å². The predicted molar refractivity (Wildman–Crippen MR) is 195 cm³/mol. The number of rotatable bonds is 36. The smallest absolute Gasteiger partial charge is 0.249 e. The Kier molecular flexibility index (Phi) is 35.2. The van der Waals surface area contributed by atoms with E-state index >= 15 is 0 Å². The second-order valence-electron chi connectivity index (χ2n) is 13.9. The van der Waals surface area contributed by atoms with Crippen molar-refractivity contribution in [3.63, 3.8) is 0 Å². The summed E-state index contributed by atoms with van der Waals surface area (Å²) in [7, 11) is 0. The van der Waals surface area contributed by atoms with Gasteiger partial charge in [0, 0.05) is 0 Å². The number of aliphatic hydroxyl groups excluding tert-OH is 3. The third kappa shape index (κ3) is 31.5. The highest BCUT2D eigenvalue weighted by atomic mass is 16.3. The first-order chi connectivity index (χ1) is 22.1. The zero-order valence-corrected chi connectivity index (χ0v) is 30.3. The van der Waals surface area contributed by atoms with Gasteiger partial charge in [-0.3, -0.25) is 4.79 Å². The molecule has 0 aromatic rings. The van der Waals surface area contributed by atoms with Crippen molar-refractivity contribution < 1.29 is 20.1 Å². The van der Waals surface area contributed by atoms with Crippen molar-refractivity contribution in [2.24, 2.45) is 0 Å². The minimum atomic E-state index is -1.09. The van der Waals surface area contributed by atoms with Crippen LogP contribution in [0.15, 0.2) is 12.2 Å². The minimum Gasteiger partial charge on any atom is -0.394 e. The fourth-order valence-electron chi connectivity index (χ4n) is 6.18. The SMILES string of the molecule is CCCCCCCCCCCCCCCCCCCCCCC/C=C/C(O)C(CO)NC(=O)C(O)CCCCCCCCCC. The average molecular weight is 638 g/mol. The van der Waals surface area contributed by atoms with Gasteiger partial charge in [-0.2, -0.15) is 0 Å². The van der Waals surface area contributed by atoms with Crippen LogP contribution < -0.4 is 5.32 Å². The molecule has 4 N–H and O–H groups in total. The van der Waals surface area contributed by atoms with Gasteiger partial charge in [0.2, 0.25) is 5.91 Å². The van der Waals surface area contributed by atoms with Gasteiger partial charge in [-0.25, -0.2) is 0 Å². The van der Waals surface area contributed by atoms with E-state index in [0.29, 0.717) is 6.42 Å². The van der Waals surface area contributed by atoms with Crippen molar-refractivity contribution in [3.8, 4) is 0 Å². The van der Waals surface area contributed by atoms with Crippen LogP contribution >= 0.6 is 0 Å². The van der Waals surface area contributed by atoms with Crippen LogP contribution in [0.5, 0.6) is 0 Å². The highest BCUT2D eigenvalue weighted by Gasteiger charge is 2.22. The van der Waals surface area contributed by atoms with Crippen molar-refractivity contribution >= 4 is 5.91 Å². The van der Waals surface area contributed by atoms with Crippen molar-refractivity contribution in [2.45, 2.75) is 231 Å². The van der Waals surface area contributed by atoms with Crippen LogP contribution in [0.3, 0.4) is 0 Å². The molecule has 268 valence electrons. The van der Waals surface area contributed by atoms with Gasteiger partial charge in [-0.1, -0.05) is 206 Å². The summed E-state index contributed by atoms with van der Waals surface area (Å²) in [5.41, 5.74) is 0. The van der Waals surface area contributed by atoms with Gasteiger partial charge in [0.25, 0.3) is 0 Å².